The van der Waals surface area contributed by atoms with Crippen LogP contribution in [0, 0.1) is 0 Å². The van der Waals surface area contributed by atoms with E-state index in [0.717, 1.165) is 6.42 Å². The molecule has 4 nitrogen and oxygen atoms in total. The fourth-order valence-electron chi connectivity index (χ4n) is 1.18. The molecule has 0 aliphatic heterocycles. The zero-order chi connectivity index (χ0) is 10.3. The van der Waals surface area contributed by atoms with Crippen molar-refractivity contribution in [2.24, 2.45) is 0 Å². The van der Waals surface area contributed by atoms with Crippen molar-refractivity contribution in [2.75, 3.05) is 20.8 Å². The van der Waals surface area contributed by atoms with E-state index < -0.39 is 0 Å². The second-order valence-corrected chi connectivity index (χ2v) is 2.79. The maximum atomic E-state index is 10.7. The fourth-order valence-corrected chi connectivity index (χ4v) is 1.18. The molecule has 0 N–H and O–H groups in total. The molecule has 78 valence electrons. The van der Waals surface area contributed by atoms with Crippen LogP contribution in [0.1, 0.15) is 20.3 Å². The van der Waals surface area contributed by atoms with Gasteiger partial charge in [-0.25, -0.2) is 0 Å². The minimum atomic E-state index is -0.308. The molecule has 0 aromatic carbocycles. The second kappa shape index (κ2) is 6.86. The SMILES string of the molecule is CCC(OC)C(COC)OC(C)=O. The lowest BCUT2D eigenvalue weighted by Gasteiger charge is -2.23. The summed E-state index contributed by atoms with van der Waals surface area (Å²) >= 11 is 0. The van der Waals surface area contributed by atoms with E-state index in [-0.39, 0.29) is 18.2 Å². The molecule has 0 rings (SSSR count). The first-order chi connectivity index (χ1) is 6.15. The first-order valence-electron chi connectivity index (χ1n) is 4.34. The lowest BCUT2D eigenvalue weighted by atomic mass is 10.1. The zero-order valence-electron chi connectivity index (χ0n) is 8.70. The molecule has 0 radical (unpaired) electrons. The van der Waals surface area contributed by atoms with Gasteiger partial charge in [-0.3, -0.25) is 4.79 Å². The normalized spacial score (nSPS) is 15.1. The Balaban J connectivity index is 4.11. The van der Waals surface area contributed by atoms with E-state index in [1.807, 2.05) is 6.92 Å². The lowest BCUT2D eigenvalue weighted by Crippen LogP contribution is -2.35. The first kappa shape index (κ1) is 12.4. The number of carbonyl (C=O) groups excluding carboxylic acids is 1. The summed E-state index contributed by atoms with van der Waals surface area (Å²) in [5.41, 5.74) is 0. The molecular formula is C9H18O4. The van der Waals surface area contributed by atoms with Gasteiger partial charge in [0.15, 0.2) is 6.10 Å². The van der Waals surface area contributed by atoms with Crippen molar-refractivity contribution in [3.8, 4) is 0 Å². The molecule has 0 aliphatic rings. The quantitative estimate of drug-likeness (QED) is 0.586. The molecule has 2 atom stereocenters. The molecular weight excluding hydrogens is 172 g/mol. The van der Waals surface area contributed by atoms with Crippen LogP contribution >= 0.6 is 0 Å². The number of hydrogen-bond acceptors (Lipinski definition) is 4. The summed E-state index contributed by atoms with van der Waals surface area (Å²) in [6, 6.07) is 0. The van der Waals surface area contributed by atoms with E-state index in [1.54, 1.807) is 14.2 Å². The molecule has 0 aromatic rings. The van der Waals surface area contributed by atoms with Gasteiger partial charge in [-0.1, -0.05) is 6.92 Å². The van der Waals surface area contributed by atoms with Gasteiger partial charge in [0.05, 0.1) is 12.7 Å². The summed E-state index contributed by atoms with van der Waals surface area (Å²) in [6.45, 7) is 3.72. The number of hydrogen-bond donors (Lipinski definition) is 0. The van der Waals surface area contributed by atoms with Gasteiger partial charge in [0.2, 0.25) is 0 Å². The predicted octanol–water partition coefficient (Wildman–Crippen LogP) is 0.990. The van der Waals surface area contributed by atoms with Gasteiger partial charge in [0.1, 0.15) is 0 Å². The van der Waals surface area contributed by atoms with Crippen LogP contribution in [0.5, 0.6) is 0 Å². The van der Waals surface area contributed by atoms with Gasteiger partial charge in [-0.2, -0.15) is 0 Å². The van der Waals surface area contributed by atoms with E-state index in [4.69, 9.17) is 14.2 Å². The number of rotatable bonds is 6. The highest BCUT2D eigenvalue weighted by molar-refractivity contribution is 5.66. The Morgan fingerprint density at radius 2 is 1.92 bits per heavy atom. The highest BCUT2D eigenvalue weighted by atomic mass is 16.6. The highest BCUT2D eigenvalue weighted by Gasteiger charge is 2.22. The van der Waals surface area contributed by atoms with Crippen LogP contribution in [-0.2, 0) is 19.0 Å². The number of carbonyl (C=O) groups is 1. The standard InChI is InChI=1S/C9H18O4/c1-5-8(12-4)9(6-11-3)13-7(2)10/h8-9H,5-6H2,1-4H3. The second-order valence-electron chi connectivity index (χ2n) is 2.79. The Bertz CT molecular complexity index is 143. The molecule has 0 spiro atoms. The maximum Gasteiger partial charge on any atom is 0.303 e. The van der Waals surface area contributed by atoms with E-state index in [2.05, 4.69) is 0 Å². The smallest absolute Gasteiger partial charge is 0.303 e. The third-order valence-electron chi connectivity index (χ3n) is 1.77. The molecule has 4 heteroatoms. The Morgan fingerprint density at radius 1 is 1.31 bits per heavy atom. The van der Waals surface area contributed by atoms with Crippen LogP contribution in [0.15, 0.2) is 0 Å². The summed E-state index contributed by atoms with van der Waals surface area (Å²) in [5, 5.41) is 0. The first-order valence-corrected chi connectivity index (χ1v) is 4.34. The number of ether oxygens (including phenoxy) is 3. The molecule has 13 heavy (non-hydrogen) atoms. The Labute approximate surface area is 79.2 Å². The summed E-state index contributed by atoms with van der Waals surface area (Å²) < 4.78 is 15.1. The summed E-state index contributed by atoms with van der Waals surface area (Å²) in [7, 11) is 3.17. The summed E-state index contributed by atoms with van der Waals surface area (Å²) in [6.07, 6.45) is 0.388. The van der Waals surface area contributed by atoms with Crippen molar-refractivity contribution in [1.29, 1.82) is 0 Å². The molecule has 0 fully saturated rings. The maximum absolute atomic E-state index is 10.7. The van der Waals surface area contributed by atoms with Crippen molar-refractivity contribution >= 4 is 5.97 Å². The van der Waals surface area contributed by atoms with Crippen LogP contribution in [0.3, 0.4) is 0 Å². The van der Waals surface area contributed by atoms with Crippen molar-refractivity contribution in [3.63, 3.8) is 0 Å². The van der Waals surface area contributed by atoms with Gasteiger partial charge in [-0.05, 0) is 6.42 Å². The topological polar surface area (TPSA) is 44.8 Å². The van der Waals surface area contributed by atoms with E-state index in [0.29, 0.717) is 6.61 Å². The fraction of sp³-hybridized carbons (Fsp3) is 0.889. The zero-order valence-corrected chi connectivity index (χ0v) is 8.70. The van der Waals surface area contributed by atoms with Crippen LogP contribution in [-0.4, -0.2) is 39.0 Å². The Morgan fingerprint density at radius 3 is 2.23 bits per heavy atom. The molecule has 0 heterocycles. The Hall–Kier alpha value is -0.610. The monoisotopic (exact) mass is 190 g/mol. The van der Waals surface area contributed by atoms with Crippen molar-refractivity contribution in [3.05, 3.63) is 0 Å². The number of methoxy groups -OCH3 is 2. The molecule has 0 aromatic heterocycles. The van der Waals surface area contributed by atoms with Crippen LogP contribution in [0.25, 0.3) is 0 Å². The molecule has 2 unspecified atom stereocenters. The van der Waals surface area contributed by atoms with Gasteiger partial charge in [0.25, 0.3) is 0 Å². The number of esters is 1. The van der Waals surface area contributed by atoms with Crippen molar-refractivity contribution in [2.45, 2.75) is 32.5 Å². The lowest BCUT2D eigenvalue weighted by molar-refractivity contribution is -0.158. The van der Waals surface area contributed by atoms with Gasteiger partial charge in [-0.15, -0.1) is 0 Å². The van der Waals surface area contributed by atoms with Crippen molar-refractivity contribution in [1.82, 2.24) is 0 Å². The summed E-state index contributed by atoms with van der Waals surface area (Å²) in [4.78, 5) is 10.7. The molecule has 0 bridgehead atoms. The largest absolute Gasteiger partial charge is 0.457 e. The third kappa shape index (κ3) is 4.85. The van der Waals surface area contributed by atoms with Gasteiger partial charge >= 0.3 is 5.97 Å². The van der Waals surface area contributed by atoms with E-state index in [9.17, 15) is 4.79 Å². The van der Waals surface area contributed by atoms with E-state index in [1.165, 1.54) is 6.92 Å². The average Bonchev–Trinajstić information content (AvgIpc) is 2.05. The minimum absolute atomic E-state index is 0.0937. The van der Waals surface area contributed by atoms with Crippen LogP contribution in [0.4, 0.5) is 0 Å². The summed E-state index contributed by atoms with van der Waals surface area (Å²) in [5.74, 6) is -0.308. The van der Waals surface area contributed by atoms with Crippen molar-refractivity contribution < 1.29 is 19.0 Å². The highest BCUT2D eigenvalue weighted by Crippen LogP contribution is 2.08. The third-order valence-corrected chi connectivity index (χ3v) is 1.77. The van der Waals surface area contributed by atoms with Gasteiger partial charge < -0.3 is 14.2 Å². The Kier molecular flexibility index (Phi) is 6.54. The minimum Gasteiger partial charge on any atom is -0.457 e. The molecule has 0 aliphatic carbocycles. The predicted molar refractivity (Wildman–Crippen MR) is 48.5 cm³/mol. The van der Waals surface area contributed by atoms with Crippen LogP contribution < -0.4 is 0 Å². The van der Waals surface area contributed by atoms with Crippen LogP contribution in [0.2, 0.25) is 0 Å². The molecule has 0 amide bonds. The van der Waals surface area contributed by atoms with Gasteiger partial charge in [0, 0.05) is 21.1 Å². The van der Waals surface area contributed by atoms with E-state index >= 15 is 0 Å². The molecule has 0 saturated heterocycles. The average molecular weight is 190 g/mol. The molecule has 0 saturated carbocycles.